The van der Waals surface area contributed by atoms with E-state index in [1.165, 1.54) is 51.5 Å². The van der Waals surface area contributed by atoms with Crippen LogP contribution in [0.5, 0.6) is 0 Å². The zero-order valence-electron chi connectivity index (χ0n) is 12.1. The van der Waals surface area contributed by atoms with Crippen molar-refractivity contribution in [3.8, 4) is 0 Å². The first-order valence-corrected chi connectivity index (χ1v) is 7.58. The monoisotopic (exact) mass is 240 g/mol. The first-order chi connectivity index (χ1) is 8.13. The van der Waals surface area contributed by atoms with Gasteiger partial charge in [-0.25, -0.2) is 0 Å². The minimum atomic E-state index is 0.515. The van der Waals surface area contributed by atoms with Crippen molar-refractivity contribution in [1.82, 2.24) is 5.32 Å². The van der Waals surface area contributed by atoms with Gasteiger partial charge >= 0.3 is 0 Å². The predicted molar refractivity (Wildman–Crippen MR) is 76.1 cm³/mol. The van der Waals surface area contributed by atoms with Crippen LogP contribution in [0.2, 0.25) is 0 Å². The number of hydrogen-bond acceptors (Lipinski definition) is 2. The van der Waals surface area contributed by atoms with E-state index in [2.05, 4.69) is 26.1 Å². The topological polar surface area (TPSA) is 38.0 Å². The van der Waals surface area contributed by atoms with E-state index in [1.807, 2.05) is 0 Å². The highest BCUT2D eigenvalue weighted by Crippen LogP contribution is 2.34. The smallest absolute Gasteiger partial charge is 0.0178 e. The molecular weight excluding hydrogens is 208 g/mol. The van der Waals surface area contributed by atoms with Gasteiger partial charge in [-0.15, -0.1) is 0 Å². The Kier molecular flexibility index (Phi) is 6.50. The fourth-order valence-corrected chi connectivity index (χ4v) is 3.00. The van der Waals surface area contributed by atoms with Gasteiger partial charge in [0.15, 0.2) is 0 Å². The maximum Gasteiger partial charge on any atom is 0.0178 e. The quantitative estimate of drug-likeness (QED) is 0.607. The van der Waals surface area contributed by atoms with Crippen molar-refractivity contribution in [3.05, 3.63) is 0 Å². The van der Waals surface area contributed by atoms with Crippen molar-refractivity contribution in [1.29, 1.82) is 0 Å². The van der Waals surface area contributed by atoms with Crippen molar-refractivity contribution < 1.29 is 0 Å². The second-order valence-electron chi connectivity index (χ2n) is 6.14. The molecule has 0 heterocycles. The van der Waals surface area contributed by atoms with Crippen molar-refractivity contribution in [2.24, 2.45) is 17.6 Å². The van der Waals surface area contributed by atoms with Crippen LogP contribution in [-0.2, 0) is 0 Å². The summed E-state index contributed by atoms with van der Waals surface area (Å²) in [4.78, 5) is 0. The van der Waals surface area contributed by atoms with E-state index in [9.17, 15) is 0 Å². The molecule has 0 aromatic carbocycles. The average molecular weight is 240 g/mol. The van der Waals surface area contributed by atoms with Gasteiger partial charge in [-0.2, -0.15) is 0 Å². The van der Waals surface area contributed by atoms with Crippen molar-refractivity contribution in [2.75, 3.05) is 13.1 Å². The summed E-state index contributed by atoms with van der Waals surface area (Å²) in [7, 11) is 0. The molecule has 0 radical (unpaired) electrons. The van der Waals surface area contributed by atoms with Crippen molar-refractivity contribution >= 4 is 0 Å². The summed E-state index contributed by atoms with van der Waals surface area (Å²) in [5.41, 5.74) is 6.19. The minimum Gasteiger partial charge on any atom is -0.330 e. The molecule has 1 rings (SSSR count). The molecule has 2 nitrogen and oxygen atoms in total. The highest BCUT2D eigenvalue weighted by Gasteiger charge is 2.33. The van der Waals surface area contributed by atoms with Crippen LogP contribution in [0.3, 0.4) is 0 Å². The van der Waals surface area contributed by atoms with Crippen molar-refractivity contribution in [3.63, 3.8) is 0 Å². The lowest BCUT2D eigenvalue weighted by Crippen LogP contribution is -2.50. The van der Waals surface area contributed by atoms with E-state index in [1.54, 1.807) is 0 Å². The fourth-order valence-electron chi connectivity index (χ4n) is 3.00. The molecule has 17 heavy (non-hydrogen) atoms. The predicted octanol–water partition coefficient (Wildman–Crippen LogP) is 3.31. The largest absolute Gasteiger partial charge is 0.330 e. The molecule has 0 aromatic heterocycles. The molecule has 1 fully saturated rings. The SMILES string of the molecule is CCC1(NCCCC(CCN)C(C)C)CCC1. The molecule has 1 saturated carbocycles. The van der Waals surface area contributed by atoms with E-state index >= 15 is 0 Å². The number of nitrogens with two attached hydrogens (primary N) is 1. The molecule has 3 N–H and O–H groups in total. The van der Waals surface area contributed by atoms with Crippen LogP contribution in [0.1, 0.15) is 65.7 Å². The fraction of sp³-hybridized carbons (Fsp3) is 1.00. The Labute approximate surface area is 108 Å². The highest BCUT2D eigenvalue weighted by molar-refractivity contribution is 4.94. The molecule has 1 unspecified atom stereocenters. The van der Waals surface area contributed by atoms with Crippen LogP contribution in [0.15, 0.2) is 0 Å². The van der Waals surface area contributed by atoms with Crippen LogP contribution >= 0.6 is 0 Å². The Hall–Kier alpha value is -0.0800. The normalized spacial score (nSPS) is 20.3. The van der Waals surface area contributed by atoms with Gasteiger partial charge in [0.2, 0.25) is 0 Å². The lowest BCUT2D eigenvalue weighted by molar-refractivity contribution is 0.175. The highest BCUT2D eigenvalue weighted by atomic mass is 15.0. The second-order valence-corrected chi connectivity index (χ2v) is 6.14. The minimum absolute atomic E-state index is 0.515. The van der Waals surface area contributed by atoms with Crippen LogP contribution < -0.4 is 11.1 Å². The summed E-state index contributed by atoms with van der Waals surface area (Å²) in [6.07, 6.45) is 9.33. The van der Waals surface area contributed by atoms with Crippen LogP contribution in [0.25, 0.3) is 0 Å². The van der Waals surface area contributed by atoms with Gasteiger partial charge < -0.3 is 11.1 Å². The van der Waals surface area contributed by atoms with Gasteiger partial charge in [-0.3, -0.25) is 0 Å². The third-order valence-corrected chi connectivity index (χ3v) is 4.72. The molecule has 1 atom stereocenters. The average Bonchev–Trinajstić information content (AvgIpc) is 2.25. The molecule has 0 spiro atoms. The van der Waals surface area contributed by atoms with E-state index in [4.69, 9.17) is 5.73 Å². The summed E-state index contributed by atoms with van der Waals surface area (Å²) in [6.45, 7) is 9.01. The Morgan fingerprint density at radius 1 is 1.24 bits per heavy atom. The molecule has 0 amide bonds. The van der Waals surface area contributed by atoms with E-state index in [0.29, 0.717) is 5.54 Å². The lowest BCUT2D eigenvalue weighted by Gasteiger charge is -2.42. The van der Waals surface area contributed by atoms with Gasteiger partial charge in [-0.1, -0.05) is 20.8 Å². The molecule has 0 bridgehead atoms. The molecule has 102 valence electrons. The Bertz CT molecular complexity index is 192. The summed E-state index contributed by atoms with van der Waals surface area (Å²) in [5.74, 6) is 1.60. The van der Waals surface area contributed by atoms with E-state index < -0.39 is 0 Å². The summed E-state index contributed by atoms with van der Waals surface area (Å²) >= 11 is 0. The molecule has 0 aliphatic heterocycles. The standard InChI is InChI=1S/C15H32N2/c1-4-15(9-6-10-15)17-12-5-7-14(8-11-16)13(2)3/h13-14,17H,4-12,16H2,1-3H3. The van der Waals surface area contributed by atoms with Gasteiger partial charge in [-0.05, 0) is 69.9 Å². The zero-order chi connectivity index (χ0) is 12.7. The van der Waals surface area contributed by atoms with E-state index in [-0.39, 0.29) is 0 Å². The number of hydrogen-bond donors (Lipinski definition) is 2. The molecule has 0 aromatic rings. The Morgan fingerprint density at radius 2 is 1.94 bits per heavy atom. The molecule has 1 aliphatic rings. The zero-order valence-corrected chi connectivity index (χ0v) is 12.1. The van der Waals surface area contributed by atoms with Gasteiger partial charge in [0.05, 0.1) is 0 Å². The first-order valence-electron chi connectivity index (χ1n) is 7.58. The van der Waals surface area contributed by atoms with Crippen LogP contribution in [-0.4, -0.2) is 18.6 Å². The summed E-state index contributed by atoms with van der Waals surface area (Å²) in [6, 6.07) is 0. The van der Waals surface area contributed by atoms with Crippen molar-refractivity contribution in [2.45, 2.75) is 71.3 Å². The van der Waals surface area contributed by atoms with E-state index in [0.717, 1.165) is 18.4 Å². The summed E-state index contributed by atoms with van der Waals surface area (Å²) < 4.78 is 0. The van der Waals surface area contributed by atoms with Gasteiger partial charge in [0, 0.05) is 5.54 Å². The number of rotatable bonds is 9. The third kappa shape index (κ3) is 4.59. The molecule has 0 saturated heterocycles. The summed E-state index contributed by atoms with van der Waals surface area (Å²) in [5, 5.41) is 3.79. The van der Waals surface area contributed by atoms with Gasteiger partial charge in [0.1, 0.15) is 0 Å². The molecule has 1 aliphatic carbocycles. The van der Waals surface area contributed by atoms with Gasteiger partial charge in [0.25, 0.3) is 0 Å². The molecule has 2 heteroatoms. The number of nitrogens with one attached hydrogen (secondary N) is 1. The first kappa shape index (κ1) is 15.0. The third-order valence-electron chi connectivity index (χ3n) is 4.72. The van der Waals surface area contributed by atoms with Crippen LogP contribution in [0.4, 0.5) is 0 Å². The maximum atomic E-state index is 5.68. The Balaban J connectivity index is 2.13. The molecular formula is C15H32N2. The second kappa shape index (κ2) is 7.38. The van der Waals surface area contributed by atoms with Crippen LogP contribution in [0, 0.1) is 11.8 Å². The maximum absolute atomic E-state index is 5.68. The Morgan fingerprint density at radius 3 is 2.35 bits per heavy atom. The lowest BCUT2D eigenvalue weighted by atomic mass is 9.75.